The van der Waals surface area contributed by atoms with Crippen molar-refractivity contribution >= 4 is 11.8 Å². The summed E-state index contributed by atoms with van der Waals surface area (Å²) in [6.45, 7) is 4.14. The Labute approximate surface area is 130 Å². The number of ether oxygens (including phenoxy) is 2. The third-order valence-electron chi connectivity index (χ3n) is 3.41. The predicted molar refractivity (Wildman–Crippen MR) is 81.5 cm³/mol. The number of nitrogens with zero attached hydrogens (tertiary/aromatic N) is 4. The third kappa shape index (κ3) is 6.29. The van der Waals surface area contributed by atoms with Gasteiger partial charge in [0.25, 0.3) is 0 Å². The molecule has 0 bridgehead atoms. The van der Waals surface area contributed by atoms with Gasteiger partial charge < -0.3 is 14.8 Å². The Morgan fingerprint density at radius 2 is 2.43 bits per heavy atom. The lowest BCUT2D eigenvalue weighted by Crippen LogP contribution is -2.24. The van der Waals surface area contributed by atoms with Crippen molar-refractivity contribution in [2.45, 2.75) is 43.5 Å². The first kappa shape index (κ1) is 16.7. The van der Waals surface area contributed by atoms with Crippen molar-refractivity contribution in [3.05, 3.63) is 0 Å². The molecule has 0 amide bonds. The molecule has 2 rings (SSSR count). The second-order valence-corrected chi connectivity index (χ2v) is 6.12. The molecule has 0 spiro atoms. The highest BCUT2D eigenvalue weighted by Gasteiger charge is 2.15. The van der Waals surface area contributed by atoms with Crippen LogP contribution in [0.15, 0.2) is 5.16 Å². The van der Waals surface area contributed by atoms with Gasteiger partial charge in [0.15, 0.2) is 0 Å². The smallest absolute Gasteiger partial charge is 0.209 e. The fourth-order valence-corrected chi connectivity index (χ4v) is 3.14. The van der Waals surface area contributed by atoms with E-state index in [0.29, 0.717) is 6.10 Å². The normalized spacial score (nSPS) is 18.4. The van der Waals surface area contributed by atoms with E-state index in [1.54, 1.807) is 18.9 Å². The molecule has 1 saturated heterocycles. The van der Waals surface area contributed by atoms with E-state index >= 15 is 0 Å². The summed E-state index contributed by atoms with van der Waals surface area (Å²) in [6.07, 6.45) is 5.20. The Hall–Kier alpha value is -0.700. The van der Waals surface area contributed by atoms with Crippen molar-refractivity contribution in [1.29, 1.82) is 0 Å². The lowest BCUT2D eigenvalue weighted by molar-refractivity contribution is 0.104. The lowest BCUT2D eigenvalue weighted by atomic mass is 10.1. The molecule has 1 unspecified atom stereocenters. The van der Waals surface area contributed by atoms with Crippen LogP contribution in [-0.4, -0.2) is 65.5 Å². The van der Waals surface area contributed by atoms with Crippen molar-refractivity contribution in [3.63, 3.8) is 0 Å². The Balaban J connectivity index is 1.58. The molecule has 1 aliphatic heterocycles. The van der Waals surface area contributed by atoms with Gasteiger partial charge in [-0.2, -0.15) is 0 Å². The van der Waals surface area contributed by atoms with Gasteiger partial charge in [-0.05, 0) is 36.1 Å². The zero-order chi connectivity index (χ0) is 14.8. The van der Waals surface area contributed by atoms with E-state index in [0.717, 1.165) is 56.6 Å². The van der Waals surface area contributed by atoms with Gasteiger partial charge in [0, 0.05) is 32.6 Å². The van der Waals surface area contributed by atoms with Gasteiger partial charge in [-0.1, -0.05) is 11.8 Å². The SMILES string of the molecule is COCCNCCn1nnnc1SCCCC1CCCO1. The van der Waals surface area contributed by atoms with Crippen molar-refractivity contribution in [1.82, 2.24) is 25.5 Å². The van der Waals surface area contributed by atoms with E-state index in [4.69, 9.17) is 9.47 Å². The summed E-state index contributed by atoms with van der Waals surface area (Å²) in [4.78, 5) is 0. The molecule has 1 aromatic heterocycles. The number of thioether (sulfide) groups is 1. The average Bonchev–Trinajstić information content (AvgIpc) is 3.15. The molecule has 1 fully saturated rings. The summed E-state index contributed by atoms with van der Waals surface area (Å²) in [5.74, 6) is 1.04. The van der Waals surface area contributed by atoms with Crippen molar-refractivity contribution in [2.24, 2.45) is 0 Å². The molecule has 8 heteroatoms. The van der Waals surface area contributed by atoms with E-state index in [1.165, 1.54) is 12.8 Å². The van der Waals surface area contributed by atoms with Crippen LogP contribution in [0.25, 0.3) is 0 Å². The summed E-state index contributed by atoms with van der Waals surface area (Å²) >= 11 is 1.72. The van der Waals surface area contributed by atoms with Gasteiger partial charge in [-0.15, -0.1) is 5.10 Å². The molecular formula is C13H25N5O2S. The molecule has 7 nitrogen and oxygen atoms in total. The number of rotatable bonds is 11. The molecule has 21 heavy (non-hydrogen) atoms. The highest BCUT2D eigenvalue weighted by atomic mass is 32.2. The molecule has 0 aromatic carbocycles. The van der Waals surface area contributed by atoms with Crippen LogP contribution in [0.3, 0.4) is 0 Å². The minimum absolute atomic E-state index is 0.478. The van der Waals surface area contributed by atoms with Crippen LogP contribution in [0.5, 0.6) is 0 Å². The van der Waals surface area contributed by atoms with E-state index in [1.807, 2.05) is 4.68 Å². The minimum Gasteiger partial charge on any atom is -0.383 e. The predicted octanol–water partition coefficient (Wildman–Crippen LogP) is 0.960. The zero-order valence-electron chi connectivity index (χ0n) is 12.7. The third-order valence-corrected chi connectivity index (χ3v) is 4.45. The molecule has 0 saturated carbocycles. The standard InChI is InChI=1S/C13H25N5O2S/c1-19-10-7-14-6-8-18-13(15-16-17-18)21-11-3-5-12-4-2-9-20-12/h12,14H,2-11H2,1H3. The molecular weight excluding hydrogens is 290 g/mol. The van der Waals surface area contributed by atoms with Gasteiger partial charge in [-0.25, -0.2) is 4.68 Å². The number of methoxy groups -OCH3 is 1. The minimum atomic E-state index is 0.478. The van der Waals surface area contributed by atoms with Crippen LogP contribution < -0.4 is 5.32 Å². The van der Waals surface area contributed by atoms with Crippen LogP contribution in [0.4, 0.5) is 0 Å². The number of tetrazole rings is 1. The monoisotopic (exact) mass is 315 g/mol. The molecule has 2 heterocycles. The Morgan fingerprint density at radius 3 is 3.24 bits per heavy atom. The summed E-state index contributed by atoms with van der Waals surface area (Å²) in [7, 11) is 1.70. The van der Waals surface area contributed by atoms with Crippen molar-refractivity contribution in [3.8, 4) is 0 Å². The van der Waals surface area contributed by atoms with Crippen LogP contribution in [0, 0.1) is 0 Å². The number of hydrogen-bond donors (Lipinski definition) is 1. The summed E-state index contributed by atoms with van der Waals surface area (Å²) in [6, 6.07) is 0. The second kappa shape index (κ2) is 10.1. The molecule has 1 aromatic rings. The van der Waals surface area contributed by atoms with Crippen molar-refractivity contribution < 1.29 is 9.47 Å². The molecule has 1 atom stereocenters. The number of aromatic nitrogens is 4. The van der Waals surface area contributed by atoms with Gasteiger partial charge >= 0.3 is 0 Å². The molecule has 1 N–H and O–H groups in total. The quantitative estimate of drug-likeness (QED) is 0.481. The number of hydrogen-bond acceptors (Lipinski definition) is 7. The van der Waals surface area contributed by atoms with Crippen LogP contribution in [-0.2, 0) is 16.0 Å². The van der Waals surface area contributed by atoms with E-state index in [9.17, 15) is 0 Å². The summed E-state index contributed by atoms with van der Waals surface area (Å²) in [5.41, 5.74) is 0. The largest absolute Gasteiger partial charge is 0.383 e. The van der Waals surface area contributed by atoms with Gasteiger partial charge in [0.1, 0.15) is 0 Å². The maximum atomic E-state index is 5.63. The maximum absolute atomic E-state index is 5.63. The van der Waals surface area contributed by atoms with Gasteiger partial charge in [-0.3, -0.25) is 0 Å². The van der Waals surface area contributed by atoms with E-state index in [2.05, 4.69) is 20.8 Å². The topological polar surface area (TPSA) is 74.1 Å². The maximum Gasteiger partial charge on any atom is 0.209 e. The molecule has 0 aliphatic carbocycles. The van der Waals surface area contributed by atoms with E-state index < -0.39 is 0 Å². The van der Waals surface area contributed by atoms with E-state index in [-0.39, 0.29) is 0 Å². The highest BCUT2D eigenvalue weighted by Crippen LogP contribution is 2.20. The van der Waals surface area contributed by atoms with Gasteiger partial charge in [0.2, 0.25) is 5.16 Å². The first-order chi connectivity index (χ1) is 10.4. The first-order valence-corrected chi connectivity index (χ1v) is 8.59. The fraction of sp³-hybridized carbons (Fsp3) is 0.923. The summed E-state index contributed by atoms with van der Waals surface area (Å²) < 4.78 is 12.5. The van der Waals surface area contributed by atoms with Crippen molar-refractivity contribution in [2.75, 3.05) is 39.2 Å². The molecule has 1 aliphatic rings. The summed E-state index contributed by atoms with van der Waals surface area (Å²) in [5, 5.41) is 16.1. The first-order valence-electron chi connectivity index (χ1n) is 7.60. The average molecular weight is 315 g/mol. The van der Waals surface area contributed by atoms with Crippen LogP contribution in [0.2, 0.25) is 0 Å². The zero-order valence-corrected chi connectivity index (χ0v) is 13.5. The van der Waals surface area contributed by atoms with Gasteiger partial charge in [0.05, 0.1) is 19.3 Å². The molecule has 120 valence electrons. The second-order valence-electron chi connectivity index (χ2n) is 5.05. The number of nitrogens with one attached hydrogen (secondary N) is 1. The Kier molecular flexibility index (Phi) is 8.01. The Bertz CT molecular complexity index is 384. The van der Waals surface area contributed by atoms with Crippen LogP contribution >= 0.6 is 11.8 Å². The molecule has 0 radical (unpaired) electrons. The fourth-order valence-electron chi connectivity index (χ4n) is 2.27. The highest BCUT2D eigenvalue weighted by molar-refractivity contribution is 7.99. The Morgan fingerprint density at radius 1 is 1.48 bits per heavy atom. The van der Waals surface area contributed by atoms with Crippen LogP contribution in [0.1, 0.15) is 25.7 Å². The lowest BCUT2D eigenvalue weighted by Gasteiger charge is -2.08.